The number of aromatic nitrogens is 4. The number of pyridine rings is 1. The Kier molecular flexibility index (Phi) is 4.38. The first-order valence-corrected chi connectivity index (χ1v) is 5.98. The molecule has 0 bridgehead atoms. The van der Waals surface area contributed by atoms with Gasteiger partial charge in [0.25, 0.3) is 5.91 Å². The molecule has 0 aliphatic rings. The largest absolute Gasteiger partial charge is 0.477 e. The second-order valence-corrected chi connectivity index (χ2v) is 4.03. The van der Waals surface area contributed by atoms with Crippen molar-refractivity contribution < 1.29 is 14.7 Å². The molecule has 0 fully saturated rings. The van der Waals surface area contributed by atoms with Crippen LogP contribution in [-0.4, -0.2) is 43.7 Å². The van der Waals surface area contributed by atoms with Gasteiger partial charge in [0.1, 0.15) is 17.8 Å². The number of carbonyl (C=O) groups is 2. The maximum absolute atomic E-state index is 11.8. The molecule has 0 atom stereocenters. The van der Waals surface area contributed by atoms with E-state index in [2.05, 4.69) is 25.5 Å². The summed E-state index contributed by atoms with van der Waals surface area (Å²) >= 11 is 0. The Morgan fingerprint density at radius 3 is 2.90 bits per heavy atom. The van der Waals surface area contributed by atoms with Crippen molar-refractivity contribution in [2.24, 2.45) is 0 Å². The van der Waals surface area contributed by atoms with Gasteiger partial charge in [0.2, 0.25) is 0 Å². The number of amides is 1. The molecule has 0 spiro atoms. The van der Waals surface area contributed by atoms with Crippen LogP contribution in [-0.2, 0) is 6.42 Å². The molecule has 0 aliphatic carbocycles. The smallest absolute Gasteiger partial charge is 0.354 e. The molecule has 8 nitrogen and oxygen atoms in total. The number of carbonyl (C=O) groups excluding carboxylic acids is 1. The molecule has 3 N–H and O–H groups in total. The Hall–Kier alpha value is -2.77. The number of H-pyrrole nitrogens is 1. The topological polar surface area (TPSA) is 121 Å². The highest BCUT2D eigenvalue weighted by Gasteiger charge is 2.10. The van der Waals surface area contributed by atoms with E-state index in [1.165, 1.54) is 24.7 Å². The number of hydrogen-bond acceptors (Lipinski definition) is 5. The number of aryl methyl sites for hydroxylation is 1. The van der Waals surface area contributed by atoms with Crippen molar-refractivity contribution in [2.45, 2.75) is 12.8 Å². The lowest BCUT2D eigenvalue weighted by Gasteiger charge is -2.04. The van der Waals surface area contributed by atoms with E-state index in [1.807, 2.05) is 0 Å². The van der Waals surface area contributed by atoms with Crippen LogP contribution in [0.4, 0.5) is 0 Å². The summed E-state index contributed by atoms with van der Waals surface area (Å²) in [7, 11) is 0. The van der Waals surface area contributed by atoms with Crippen LogP contribution in [0.5, 0.6) is 0 Å². The lowest BCUT2D eigenvalue weighted by molar-refractivity contribution is 0.0690. The molecular formula is C12H13N5O3. The summed E-state index contributed by atoms with van der Waals surface area (Å²) in [4.78, 5) is 30.2. The van der Waals surface area contributed by atoms with Crippen molar-refractivity contribution in [3.8, 4) is 0 Å². The van der Waals surface area contributed by atoms with Crippen molar-refractivity contribution in [1.82, 2.24) is 25.5 Å². The fraction of sp³-hybridized carbons (Fsp3) is 0.250. The number of rotatable bonds is 6. The molecule has 2 aromatic rings. The summed E-state index contributed by atoms with van der Waals surface area (Å²) in [5.74, 6) is -0.728. The number of aromatic amines is 1. The van der Waals surface area contributed by atoms with Crippen LogP contribution >= 0.6 is 0 Å². The lowest BCUT2D eigenvalue weighted by atomic mass is 10.2. The quantitative estimate of drug-likeness (QED) is 0.650. The van der Waals surface area contributed by atoms with Gasteiger partial charge in [0.05, 0.1) is 0 Å². The first kappa shape index (κ1) is 13.7. The van der Waals surface area contributed by atoms with Gasteiger partial charge >= 0.3 is 5.97 Å². The van der Waals surface area contributed by atoms with E-state index in [0.29, 0.717) is 19.4 Å². The zero-order valence-corrected chi connectivity index (χ0v) is 10.5. The van der Waals surface area contributed by atoms with Crippen LogP contribution in [0, 0.1) is 0 Å². The van der Waals surface area contributed by atoms with Crippen molar-refractivity contribution in [3.63, 3.8) is 0 Å². The molecule has 1 amide bonds. The molecule has 0 saturated carbocycles. The Balaban J connectivity index is 1.82. The average molecular weight is 275 g/mol. The van der Waals surface area contributed by atoms with E-state index < -0.39 is 5.97 Å². The Bertz CT molecular complexity index is 597. The first-order chi connectivity index (χ1) is 9.66. The monoisotopic (exact) mass is 275 g/mol. The van der Waals surface area contributed by atoms with Gasteiger partial charge in [-0.25, -0.2) is 14.8 Å². The van der Waals surface area contributed by atoms with Crippen molar-refractivity contribution in [1.29, 1.82) is 0 Å². The van der Waals surface area contributed by atoms with E-state index in [4.69, 9.17) is 5.11 Å². The molecule has 0 aromatic carbocycles. The van der Waals surface area contributed by atoms with E-state index in [-0.39, 0.29) is 17.2 Å². The molecule has 0 saturated heterocycles. The molecule has 2 heterocycles. The predicted octanol–water partition coefficient (Wildman–Crippen LogP) is 0.260. The van der Waals surface area contributed by atoms with Crippen LogP contribution in [0.2, 0.25) is 0 Å². The maximum Gasteiger partial charge on any atom is 0.354 e. The van der Waals surface area contributed by atoms with Gasteiger partial charge in [-0.05, 0) is 18.6 Å². The highest BCUT2D eigenvalue weighted by molar-refractivity contribution is 5.96. The van der Waals surface area contributed by atoms with Gasteiger partial charge in [-0.2, -0.15) is 5.10 Å². The molecule has 2 aromatic heterocycles. The Morgan fingerprint density at radius 1 is 1.35 bits per heavy atom. The molecule has 0 radical (unpaired) electrons. The van der Waals surface area contributed by atoms with E-state index >= 15 is 0 Å². The molecule has 2 rings (SSSR count). The standard InChI is InChI=1S/C12H13N5O3/c18-11(8-3-5-13-9(6-8)12(19)20)14-4-1-2-10-15-7-16-17-10/h3,5-7H,1-2,4H2,(H,14,18)(H,19,20)(H,15,16,17). The normalized spacial score (nSPS) is 10.2. The van der Waals surface area contributed by atoms with E-state index in [1.54, 1.807) is 0 Å². The molecule has 104 valence electrons. The molecule has 8 heteroatoms. The molecule has 20 heavy (non-hydrogen) atoms. The minimum atomic E-state index is -1.16. The summed E-state index contributed by atoms with van der Waals surface area (Å²) in [6, 6.07) is 2.71. The molecule has 0 unspecified atom stereocenters. The summed E-state index contributed by atoms with van der Waals surface area (Å²) in [5, 5.41) is 18.0. The van der Waals surface area contributed by atoms with Crippen molar-refractivity contribution in [3.05, 3.63) is 41.7 Å². The second-order valence-electron chi connectivity index (χ2n) is 4.03. The number of carboxylic acids is 1. The minimum Gasteiger partial charge on any atom is -0.477 e. The predicted molar refractivity (Wildman–Crippen MR) is 68.2 cm³/mol. The third-order valence-electron chi connectivity index (χ3n) is 2.58. The van der Waals surface area contributed by atoms with E-state index in [0.717, 1.165) is 5.82 Å². The second kappa shape index (κ2) is 6.41. The third-order valence-corrected chi connectivity index (χ3v) is 2.58. The zero-order chi connectivity index (χ0) is 14.4. The fourth-order valence-corrected chi connectivity index (χ4v) is 1.60. The highest BCUT2D eigenvalue weighted by Crippen LogP contribution is 2.02. The fourth-order valence-electron chi connectivity index (χ4n) is 1.60. The van der Waals surface area contributed by atoms with Crippen LogP contribution in [0.15, 0.2) is 24.7 Å². The highest BCUT2D eigenvalue weighted by atomic mass is 16.4. The number of aromatic carboxylic acids is 1. The van der Waals surface area contributed by atoms with Gasteiger partial charge in [0, 0.05) is 24.7 Å². The summed E-state index contributed by atoms with van der Waals surface area (Å²) < 4.78 is 0. The van der Waals surface area contributed by atoms with Gasteiger partial charge in [-0.15, -0.1) is 0 Å². The summed E-state index contributed by atoms with van der Waals surface area (Å²) in [6.07, 6.45) is 4.11. The van der Waals surface area contributed by atoms with Crippen molar-refractivity contribution in [2.75, 3.05) is 6.54 Å². The van der Waals surface area contributed by atoms with Gasteiger partial charge in [0.15, 0.2) is 0 Å². The third kappa shape index (κ3) is 3.61. The number of carboxylic acid groups (broad SMARTS) is 1. The Morgan fingerprint density at radius 2 is 2.20 bits per heavy atom. The van der Waals surface area contributed by atoms with Gasteiger partial charge < -0.3 is 10.4 Å². The Labute approximate surface area is 114 Å². The van der Waals surface area contributed by atoms with Crippen LogP contribution in [0.25, 0.3) is 0 Å². The van der Waals surface area contributed by atoms with E-state index in [9.17, 15) is 9.59 Å². The molecule has 0 aliphatic heterocycles. The number of nitrogens with zero attached hydrogens (tertiary/aromatic N) is 3. The maximum atomic E-state index is 11.8. The number of hydrogen-bond donors (Lipinski definition) is 3. The first-order valence-electron chi connectivity index (χ1n) is 5.98. The van der Waals surface area contributed by atoms with Crippen molar-refractivity contribution >= 4 is 11.9 Å². The number of nitrogens with one attached hydrogen (secondary N) is 2. The van der Waals surface area contributed by atoms with Gasteiger partial charge in [-0.1, -0.05) is 0 Å². The SMILES string of the molecule is O=C(NCCCc1ncn[nH]1)c1ccnc(C(=O)O)c1. The molecular weight excluding hydrogens is 262 g/mol. The summed E-state index contributed by atoms with van der Waals surface area (Å²) in [5.41, 5.74) is 0.122. The summed E-state index contributed by atoms with van der Waals surface area (Å²) in [6.45, 7) is 0.463. The van der Waals surface area contributed by atoms with Crippen LogP contribution in [0.3, 0.4) is 0 Å². The minimum absolute atomic E-state index is 0.153. The lowest BCUT2D eigenvalue weighted by Crippen LogP contribution is -2.25. The van der Waals surface area contributed by atoms with Crippen LogP contribution < -0.4 is 5.32 Å². The van der Waals surface area contributed by atoms with Gasteiger partial charge in [-0.3, -0.25) is 9.89 Å². The van der Waals surface area contributed by atoms with Crippen LogP contribution in [0.1, 0.15) is 33.1 Å². The zero-order valence-electron chi connectivity index (χ0n) is 10.5. The average Bonchev–Trinajstić information content (AvgIpc) is 2.96.